The second kappa shape index (κ2) is 6.64. The number of rotatable bonds is 6. The number of hydrogen-bond acceptors (Lipinski definition) is 3. The van der Waals surface area contributed by atoms with E-state index in [-0.39, 0.29) is 6.09 Å². The third-order valence-electron chi connectivity index (χ3n) is 2.26. The third kappa shape index (κ3) is 8.74. The molecule has 0 spiro atoms. The molecule has 1 saturated carbocycles. The summed E-state index contributed by atoms with van der Waals surface area (Å²) >= 11 is 0. The van der Waals surface area contributed by atoms with Crippen LogP contribution in [0.15, 0.2) is 12.2 Å². The molecule has 0 aliphatic heterocycles. The van der Waals surface area contributed by atoms with Crippen molar-refractivity contribution in [2.24, 2.45) is 5.92 Å². The fraction of sp³-hybridized carbons (Fsp3) is 0.769. The Morgan fingerprint density at radius 2 is 2.06 bits per heavy atom. The average molecular weight is 240 g/mol. The molecule has 0 radical (unpaired) electrons. The molecule has 0 aromatic carbocycles. The maximum atomic E-state index is 11.3. The summed E-state index contributed by atoms with van der Waals surface area (Å²) in [6, 6.07) is 0. The van der Waals surface area contributed by atoms with Gasteiger partial charge in [0, 0.05) is 19.6 Å². The lowest BCUT2D eigenvalue weighted by Crippen LogP contribution is -2.36. The lowest BCUT2D eigenvalue weighted by atomic mass is 10.2. The Morgan fingerprint density at radius 1 is 1.35 bits per heavy atom. The summed E-state index contributed by atoms with van der Waals surface area (Å²) in [7, 11) is 0. The van der Waals surface area contributed by atoms with Gasteiger partial charge in [0.1, 0.15) is 5.60 Å². The van der Waals surface area contributed by atoms with Crippen LogP contribution in [0.25, 0.3) is 0 Å². The summed E-state index contributed by atoms with van der Waals surface area (Å²) in [6.45, 7) is 7.78. The van der Waals surface area contributed by atoms with Gasteiger partial charge in [-0.2, -0.15) is 0 Å². The molecule has 1 amide bonds. The molecule has 0 bridgehead atoms. The fourth-order valence-electron chi connectivity index (χ4n) is 1.30. The Bertz CT molecular complexity index is 265. The number of carbonyl (C=O) groups excluding carboxylic acids is 1. The molecule has 1 aliphatic carbocycles. The average Bonchev–Trinajstić information content (AvgIpc) is 2.97. The molecule has 17 heavy (non-hydrogen) atoms. The van der Waals surface area contributed by atoms with E-state index in [1.807, 2.05) is 20.8 Å². The molecule has 1 aliphatic rings. The maximum absolute atomic E-state index is 11.3. The zero-order valence-electron chi connectivity index (χ0n) is 11.1. The summed E-state index contributed by atoms with van der Waals surface area (Å²) < 4.78 is 5.11. The first-order valence-electron chi connectivity index (χ1n) is 6.31. The highest BCUT2D eigenvalue weighted by Gasteiger charge is 2.16. The van der Waals surface area contributed by atoms with Crippen LogP contribution in [0.2, 0.25) is 0 Å². The number of amides is 1. The van der Waals surface area contributed by atoms with Crippen LogP contribution in [-0.4, -0.2) is 31.3 Å². The Hall–Kier alpha value is -1.03. The van der Waals surface area contributed by atoms with E-state index < -0.39 is 5.60 Å². The zero-order valence-corrected chi connectivity index (χ0v) is 11.1. The van der Waals surface area contributed by atoms with Gasteiger partial charge in [-0.05, 0) is 39.5 Å². The highest BCUT2D eigenvalue weighted by atomic mass is 16.6. The van der Waals surface area contributed by atoms with Crippen LogP contribution in [0.5, 0.6) is 0 Å². The second-order valence-electron chi connectivity index (χ2n) is 5.40. The minimum atomic E-state index is -0.426. The third-order valence-corrected chi connectivity index (χ3v) is 2.26. The van der Waals surface area contributed by atoms with Gasteiger partial charge in [-0.25, -0.2) is 4.79 Å². The number of hydrogen-bond donors (Lipinski definition) is 2. The van der Waals surface area contributed by atoms with Crippen LogP contribution in [0, 0.1) is 5.92 Å². The van der Waals surface area contributed by atoms with E-state index in [0.29, 0.717) is 6.54 Å². The van der Waals surface area contributed by atoms with E-state index in [9.17, 15) is 4.79 Å². The SMILES string of the molecule is CC(C)(C)OC(=O)NCCNC/C=C/C1CC1. The molecule has 1 rings (SSSR count). The van der Waals surface area contributed by atoms with Crippen LogP contribution < -0.4 is 10.6 Å². The molecule has 0 saturated heterocycles. The zero-order chi connectivity index (χ0) is 12.7. The van der Waals surface area contributed by atoms with Gasteiger partial charge in [0.2, 0.25) is 0 Å². The highest BCUT2D eigenvalue weighted by molar-refractivity contribution is 5.67. The lowest BCUT2D eigenvalue weighted by molar-refractivity contribution is 0.0528. The van der Waals surface area contributed by atoms with Crippen molar-refractivity contribution in [3.05, 3.63) is 12.2 Å². The minimum Gasteiger partial charge on any atom is -0.444 e. The second-order valence-corrected chi connectivity index (χ2v) is 5.40. The van der Waals surface area contributed by atoms with Crippen molar-refractivity contribution in [3.8, 4) is 0 Å². The quantitative estimate of drug-likeness (QED) is 0.552. The topological polar surface area (TPSA) is 50.4 Å². The maximum Gasteiger partial charge on any atom is 0.407 e. The summed E-state index contributed by atoms with van der Waals surface area (Å²) in [5.41, 5.74) is -0.426. The normalized spacial score (nSPS) is 16.2. The summed E-state index contributed by atoms with van der Waals surface area (Å²) in [4.78, 5) is 11.3. The molecule has 0 aromatic rings. The smallest absolute Gasteiger partial charge is 0.407 e. The van der Waals surface area contributed by atoms with E-state index in [1.54, 1.807) is 0 Å². The number of alkyl carbamates (subject to hydrolysis) is 1. The van der Waals surface area contributed by atoms with Crippen LogP contribution in [0.4, 0.5) is 4.79 Å². The standard InChI is InChI=1S/C13H24N2O2/c1-13(2,3)17-12(16)15-10-9-14-8-4-5-11-6-7-11/h4-5,11,14H,6-10H2,1-3H3,(H,15,16)/b5-4+. The number of ether oxygens (including phenoxy) is 1. The van der Waals surface area contributed by atoms with E-state index >= 15 is 0 Å². The van der Waals surface area contributed by atoms with E-state index in [4.69, 9.17) is 4.74 Å². The number of carbonyl (C=O) groups is 1. The molecule has 4 heteroatoms. The molecule has 4 nitrogen and oxygen atoms in total. The summed E-state index contributed by atoms with van der Waals surface area (Å²) in [5, 5.41) is 5.93. The molecule has 98 valence electrons. The van der Waals surface area contributed by atoms with E-state index in [2.05, 4.69) is 22.8 Å². The van der Waals surface area contributed by atoms with Crippen LogP contribution in [0.3, 0.4) is 0 Å². The molecule has 0 heterocycles. The fourth-order valence-corrected chi connectivity index (χ4v) is 1.30. The Morgan fingerprint density at radius 3 is 2.65 bits per heavy atom. The van der Waals surface area contributed by atoms with Crippen molar-refractivity contribution < 1.29 is 9.53 Å². The Labute approximate surface area is 104 Å². The van der Waals surface area contributed by atoms with Gasteiger partial charge in [0.05, 0.1) is 0 Å². The molecule has 2 N–H and O–H groups in total. The minimum absolute atomic E-state index is 0.354. The van der Waals surface area contributed by atoms with Crippen LogP contribution in [0.1, 0.15) is 33.6 Å². The van der Waals surface area contributed by atoms with Crippen molar-refractivity contribution >= 4 is 6.09 Å². The van der Waals surface area contributed by atoms with Gasteiger partial charge in [-0.3, -0.25) is 0 Å². The Balaban J connectivity index is 1.90. The molecular formula is C13H24N2O2. The van der Waals surface area contributed by atoms with E-state index in [0.717, 1.165) is 19.0 Å². The predicted octanol–water partition coefficient (Wildman–Crippen LogP) is 2.07. The van der Waals surface area contributed by atoms with Crippen molar-refractivity contribution in [3.63, 3.8) is 0 Å². The first-order chi connectivity index (χ1) is 7.97. The van der Waals surface area contributed by atoms with Gasteiger partial charge in [0.25, 0.3) is 0 Å². The van der Waals surface area contributed by atoms with Gasteiger partial charge < -0.3 is 15.4 Å². The van der Waals surface area contributed by atoms with Gasteiger partial charge in [0.15, 0.2) is 0 Å². The largest absolute Gasteiger partial charge is 0.444 e. The Kier molecular flexibility index (Phi) is 5.48. The molecule has 0 unspecified atom stereocenters. The van der Waals surface area contributed by atoms with Crippen molar-refractivity contribution in [1.82, 2.24) is 10.6 Å². The molecule has 0 atom stereocenters. The number of nitrogens with one attached hydrogen (secondary N) is 2. The number of allylic oxidation sites excluding steroid dienone is 1. The van der Waals surface area contributed by atoms with Gasteiger partial charge in [-0.1, -0.05) is 12.2 Å². The van der Waals surface area contributed by atoms with Crippen LogP contribution in [-0.2, 0) is 4.74 Å². The first-order valence-corrected chi connectivity index (χ1v) is 6.31. The first kappa shape index (κ1) is 14.0. The summed E-state index contributed by atoms with van der Waals surface area (Å²) in [5.74, 6) is 0.830. The van der Waals surface area contributed by atoms with Crippen molar-refractivity contribution in [2.45, 2.75) is 39.2 Å². The van der Waals surface area contributed by atoms with Crippen molar-refractivity contribution in [2.75, 3.05) is 19.6 Å². The van der Waals surface area contributed by atoms with Gasteiger partial charge in [-0.15, -0.1) is 0 Å². The van der Waals surface area contributed by atoms with Gasteiger partial charge >= 0.3 is 6.09 Å². The monoisotopic (exact) mass is 240 g/mol. The van der Waals surface area contributed by atoms with E-state index in [1.165, 1.54) is 12.8 Å². The predicted molar refractivity (Wildman–Crippen MR) is 69.0 cm³/mol. The van der Waals surface area contributed by atoms with Crippen molar-refractivity contribution in [1.29, 1.82) is 0 Å². The highest BCUT2D eigenvalue weighted by Crippen LogP contribution is 2.29. The lowest BCUT2D eigenvalue weighted by Gasteiger charge is -2.19. The molecule has 1 fully saturated rings. The van der Waals surface area contributed by atoms with Crippen LogP contribution >= 0.6 is 0 Å². The molecule has 0 aromatic heterocycles. The summed E-state index contributed by atoms with van der Waals surface area (Å²) in [6.07, 6.45) is 6.75. The molecular weight excluding hydrogens is 216 g/mol.